The highest BCUT2D eigenvalue weighted by molar-refractivity contribution is 5.76. The molecule has 0 aliphatic carbocycles. The van der Waals surface area contributed by atoms with E-state index in [-0.39, 0.29) is 12.3 Å². The fraction of sp³-hybridized carbons (Fsp3) is 0.750. The number of hydrogen-bond acceptors (Lipinski definition) is 4. The van der Waals surface area contributed by atoms with Crippen LogP contribution in [0.1, 0.15) is 19.8 Å². The van der Waals surface area contributed by atoms with Crippen molar-refractivity contribution in [2.75, 3.05) is 6.54 Å². The molecule has 0 spiro atoms. The molecule has 5 nitrogen and oxygen atoms in total. The Morgan fingerprint density at radius 3 is 2.77 bits per heavy atom. The molecule has 1 amide bonds. The van der Waals surface area contributed by atoms with Crippen molar-refractivity contribution in [1.29, 1.82) is 0 Å². The van der Waals surface area contributed by atoms with E-state index in [1.807, 2.05) is 0 Å². The molecule has 5 heteroatoms. The van der Waals surface area contributed by atoms with Crippen molar-refractivity contribution < 1.29 is 14.7 Å². The lowest BCUT2D eigenvalue weighted by atomic mass is 10.2. The van der Waals surface area contributed by atoms with Gasteiger partial charge in [-0.1, -0.05) is 0 Å². The maximum absolute atomic E-state index is 10.9. The van der Waals surface area contributed by atoms with Gasteiger partial charge in [-0.25, -0.2) is 0 Å². The Hall–Kier alpha value is -0.940. The van der Waals surface area contributed by atoms with Gasteiger partial charge in [-0.3, -0.25) is 4.79 Å². The molecule has 0 saturated carbocycles. The fourth-order valence-corrected chi connectivity index (χ4v) is 0.787. The number of nitrogens with one attached hydrogen (secondary N) is 1. The van der Waals surface area contributed by atoms with Crippen molar-refractivity contribution in [2.24, 2.45) is 5.73 Å². The number of aliphatic hydroxyl groups excluding tert-OH is 1. The molecule has 2 atom stereocenters. The molecule has 0 aromatic rings. The van der Waals surface area contributed by atoms with Crippen molar-refractivity contribution in [3.63, 3.8) is 0 Å². The van der Waals surface area contributed by atoms with Gasteiger partial charge in [-0.05, 0) is 13.3 Å². The Morgan fingerprint density at radius 2 is 2.31 bits per heavy atom. The summed E-state index contributed by atoms with van der Waals surface area (Å²) in [7, 11) is 0. The first-order valence-electron chi connectivity index (χ1n) is 4.22. The Balaban J connectivity index is 3.42. The number of nitrogens with two attached hydrogens (primary N) is 1. The SMILES string of the molecule is C[C@@H](O)CC(=O)NCC[C@H](N)C=O. The maximum atomic E-state index is 10.9. The zero-order valence-electron chi connectivity index (χ0n) is 7.69. The molecule has 76 valence electrons. The molecule has 0 rings (SSSR count). The van der Waals surface area contributed by atoms with Crippen LogP contribution < -0.4 is 11.1 Å². The van der Waals surface area contributed by atoms with Gasteiger partial charge in [0.15, 0.2) is 0 Å². The summed E-state index contributed by atoms with van der Waals surface area (Å²) < 4.78 is 0. The summed E-state index contributed by atoms with van der Waals surface area (Å²) in [6, 6.07) is -0.521. The summed E-state index contributed by atoms with van der Waals surface area (Å²) in [5, 5.41) is 11.4. The van der Waals surface area contributed by atoms with Crippen molar-refractivity contribution in [3.8, 4) is 0 Å². The first-order chi connectivity index (χ1) is 6.06. The van der Waals surface area contributed by atoms with Gasteiger partial charge >= 0.3 is 0 Å². The first kappa shape index (κ1) is 12.1. The Bertz CT molecular complexity index is 171. The van der Waals surface area contributed by atoms with Crippen LogP contribution in [0.5, 0.6) is 0 Å². The van der Waals surface area contributed by atoms with Gasteiger partial charge < -0.3 is 21.0 Å². The summed E-state index contributed by atoms with van der Waals surface area (Å²) >= 11 is 0. The highest BCUT2D eigenvalue weighted by Crippen LogP contribution is 1.89. The van der Waals surface area contributed by atoms with E-state index in [2.05, 4.69) is 5.32 Å². The van der Waals surface area contributed by atoms with Crippen LogP contribution in [0.3, 0.4) is 0 Å². The van der Waals surface area contributed by atoms with E-state index in [1.54, 1.807) is 0 Å². The van der Waals surface area contributed by atoms with Crippen LogP contribution in [-0.2, 0) is 9.59 Å². The summed E-state index contributed by atoms with van der Waals surface area (Å²) in [6.07, 6.45) is 0.506. The Kier molecular flexibility index (Phi) is 6.09. The summed E-state index contributed by atoms with van der Waals surface area (Å²) in [4.78, 5) is 21.0. The zero-order chi connectivity index (χ0) is 10.3. The van der Waals surface area contributed by atoms with Crippen LogP contribution in [0.25, 0.3) is 0 Å². The number of aliphatic hydroxyl groups is 1. The third-order valence-electron chi connectivity index (χ3n) is 1.46. The van der Waals surface area contributed by atoms with E-state index < -0.39 is 12.1 Å². The summed E-state index contributed by atoms with van der Waals surface area (Å²) in [6.45, 7) is 1.90. The number of amides is 1. The van der Waals surface area contributed by atoms with E-state index in [4.69, 9.17) is 10.8 Å². The molecule has 0 radical (unpaired) electrons. The fourth-order valence-electron chi connectivity index (χ4n) is 0.787. The predicted molar refractivity (Wildman–Crippen MR) is 48.0 cm³/mol. The van der Waals surface area contributed by atoms with Crippen molar-refractivity contribution in [1.82, 2.24) is 5.32 Å². The number of aldehydes is 1. The van der Waals surface area contributed by atoms with Gasteiger partial charge in [-0.15, -0.1) is 0 Å². The van der Waals surface area contributed by atoms with Crippen LogP contribution in [0, 0.1) is 0 Å². The van der Waals surface area contributed by atoms with Gasteiger partial charge in [-0.2, -0.15) is 0 Å². The van der Waals surface area contributed by atoms with E-state index in [0.29, 0.717) is 19.3 Å². The van der Waals surface area contributed by atoms with E-state index in [9.17, 15) is 9.59 Å². The van der Waals surface area contributed by atoms with Crippen molar-refractivity contribution in [3.05, 3.63) is 0 Å². The van der Waals surface area contributed by atoms with Crippen molar-refractivity contribution in [2.45, 2.75) is 31.9 Å². The molecule has 0 aromatic heterocycles. The lowest BCUT2D eigenvalue weighted by Gasteiger charge is -2.07. The first-order valence-corrected chi connectivity index (χ1v) is 4.22. The second-order valence-electron chi connectivity index (χ2n) is 2.99. The standard InChI is InChI=1S/C8H16N2O3/c1-6(12)4-8(13)10-3-2-7(9)5-11/h5-7,12H,2-4,9H2,1H3,(H,10,13)/t6-,7+/m1/s1. The topological polar surface area (TPSA) is 92.4 Å². The van der Waals surface area contributed by atoms with E-state index in [1.165, 1.54) is 6.92 Å². The largest absolute Gasteiger partial charge is 0.393 e. The van der Waals surface area contributed by atoms with Crippen LogP contribution in [0.15, 0.2) is 0 Å². The van der Waals surface area contributed by atoms with Gasteiger partial charge in [0, 0.05) is 6.54 Å². The van der Waals surface area contributed by atoms with Crippen LogP contribution >= 0.6 is 0 Å². The lowest BCUT2D eigenvalue weighted by Crippen LogP contribution is -2.32. The highest BCUT2D eigenvalue weighted by atomic mass is 16.3. The normalized spacial score (nSPS) is 14.7. The Morgan fingerprint density at radius 1 is 1.69 bits per heavy atom. The van der Waals surface area contributed by atoms with E-state index >= 15 is 0 Å². The molecule has 0 fully saturated rings. The molecule has 0 aliphatic heterocycles. The van der Waals surface area contributed by atoms with Crippen molar-refractivity contribution >= 4 is 12.2 Å². The lowest BCUT2D eigenvalue weighted by molar-refractivity contribution is -0.122. The average molecular weight is 188 g/mol. The molecule has 0 unspecified atom stereocenters. The molecule has 0 bridgehead atoms. The number of rotatable bonds is 6. The number of hydrogen-bond donors (Lipinski definition) is 3. The molecule has 0 saturated heterocycles. The molecule has 4 N–H and O–H groups in total. The minimum absolute atomic E-state index is 0.0797. The third-order valence-corrected chi connectivity index (χ3v) is 1.46. The molecular formula is C8H16N2O3. The predicted octanol–water partition coefficient (Wildman–Crippen LogP) is -1.21. The summed E-state index contributed by atoms with van der Waals surface area (Å²) in [5.41, 5.74) is 5.29. The van der Waals surface area contributed by atoms with Gasteiger partial charge in [0.1, 0.15) is 6.29 Å². The molecule has 0 heterocycles. The number of carbonyl (C=O) groups excluding carboxylic acids is 2. The third kappa shape index (κ3) is 7.42. The van der Waals surface area contributed by atoms with Crippen LogP contribution in [0.2, 0.25) is 0 Å². The smallest absolute Gasteiger partial charge is 0.222 e. The zero-order valence-corrected chi connectivity index (χ0v) is 7.69. The van der Waals surface area contributed by atoms with Gasteiger partial charge in [0.2, 0.25) is 5.91 Å². The second-order valence-corrected chi connectivity index (χ2v) is 2.99. The second kappa shape index (κ2) is 6.56. The van der Waals surface area contributed by atoms with E-state index in [0.717, 1.165) is 0 Å². The van der Waals surface area contributed by atoms with Gasteiger partial charge in [0.05, 0.1) is 18.6 Å². The minimum atomic E-state index is -0.639. The van der Waals surface area contributed by atoms with Crippen LogP contribution in [0.4, 0.5) is 0 Å². The average Bonchev–Trinajstić information content (AvgIpc) is 2.02. The monoisotopic (exact) mass is 188 g/mol. The Labute approximate surface area is 77.3 Å². The highest BCUT2D eigenvalue weighted by Gasteiger charge is 2.05. The molecular weight excluding hydrogens is 172 g/mol. The molecule has 13 heavy (non-hydrogen) atoms. The minimum Gasteiger partial charge on any atom is -0.393 e. The molecule has 0 aliphatic rings. The van der Waals surface area contributed by atoms with Crippen LogP contribution in [-0.4, -0.2) is 36.0 Å². The maximum Gasteiger partial charge on any atom is 0.222 e. The van der Waals surface area contributed by atoms with Gasteiger partial charge in [0.25, 0.3) is 0 Å². The molecule has 0 aromatic carbocycles. The quantitative estimate of drug-likeness (QED) is 0.456. The summed E-state index contributed by atoms with van der Waals surface area (Å²) in [5.74, 6) is -0.229. The number of carbonyl (C=O) groups is 2.